The van der Waals surface area contributed by atoms with E-state index in [0.29, 0.717) is 6.07 Å². The highest BCUT2D eigenvalue weighted by Crippen LogP contribution is 2.53. The molecular weight excluding hydrogens is 379 g/mol. The number of ketones is 1. The molecule has 0 aliphatic rings. The number of carbonyl (C=O) groups excluding carboxylic acids is 2. The van der Waals surface area contributed by atoms with Gasteiger partial charge in [-0.15, -0.1) is 0 Å². The Bertz CT molecular complexity index is 660. The first-order valence-corrected chi connectivity index (χ1v) is 6.13. The normalized spacial score (nSPS) is 13.7. The third kappa shape index (κ3) is 3.31. The predicted octanol–water partition coefficient (Wildman–Crippen LogP) is 4.11. The van der Waals surface area contributed by atoms with E-state index in [1.165, 1.54) is 6.92 Å². The molecule has 0 radical (unpaired) electrons. The Kier molecular flexibility index (Phi) is 5.22. The van der Waals surface area contributed by atoms with Crippen molar-refractivity contribution in [3.05, 3.63) is 23.7 Å². The molecule has 0 aliphatic carbocycles. The average Bonchev–Trinajstić information content (AvgIpc) is 2.94. The zero-order valence-corrected chi connectivity index (χ0v) is 11.9. The molecule has 0 fully saturated rings. The number of hydrogen-bond acceptors (Lipinski definition) is 4. The van der Waals surface area contributed by atoms with Crippen molar-refractivity contribution in [2.45, 2.75) is 30.9 Å². The third-order valence-electron chi connectivity index (χ3n) is 2.74. The smallest absolute Gasteiger partial charge is 0.460 e. The first kappa shape index (κ1) is 20.8. The fourth-order valence-electron chi connectivity index (χ4n) is 1.44. The zero-order chi connectivity index (χ0) is 19.8. The lowest BCUT2D eigenvalue weighted by Gasteiger charge is -2.32. The summed E-state index contributed by atoms with van der Waals surface area (Å²) < 4.78 is 123. The van der Waals surface area contributed by atoms with Crippen molar-refractivity contribution < 1.29 is 58.3 Å². The second kappa shape index (κ2) is 6.26. The monoisotopic (exact) mass is 386 g/mol. The van der Waals surface area contributed by atoms with Crippen LogP contribution in [0.15, 0.2) is 16.5 Å². The molecule has 0 saturated heterocycles. The molecule has 0 saturated carbocycles. The van der Waals surface area contributed by atoms with Crippen LogP contribution >= 0.6 is 0 Å². The molecule has 0 amide bonds. The van der Waals surface area contributed by atoms with E-state index in [0.717, 1.165) is 0 Å². The number of esters is 1. The number of hydrogen-bond donors (Lipinski definition) is 0. The molecule has 25 heavy (non-hydrogen) atoms. The molecule has 4 nitrogen and oxygen atoms in total. The number of furan rings is 1. The van der Waals surface area contributed by atoms with Gasteiger partial charge in [-0.1, -0.05) is 0 Å². The molecule has 0 aromatic carbocycles. The zero-order valence-electron chi connectivity index (χ0n) is 11.9. The Labute approximate surface area is 132 Å². The van der Waals surface area contributed by atoms with Crippen LogP contribution in [0.5, 0.6) is 0 Å². The van der Waals surface area contributed by atoms with E-state index in [9.17, 15) is 49.1 Å². The van der Waals surface area contributed by atoms with Crippen LogP contribution in [-0.2, 0) is 4.74 Å². The number of rotatable bonds is 6. The van der Waals surface area contributed by atoms with Gasteiger partial charge in [0.1, 0.15) is 0 Å². The van der Waals surface area contributed by atoms with Gasteiger partial charge in [0.05, 0.1) is 6.61 Å². The second-order valence-electron chi connectivity index (χ2n) is 4.43. The van der Waals surface area contributed by atoms with Crippen LogP contribution in [0, 0.1) is 0 Å². The van der Waals surface area contributed by atoms with Gasteiger partial charge < -0.3 is 9.15 Å². The summed E-state index contributed by atoms with van der Waals surface area (Å²) in [6.45, 7) is 1.09. The maximum atomic E-state index is 13.4. The Morgan fingerprint density at radius 3 is 1.84 bits per heavy atom. The predicted molar refractivity (Wildman–Crippen MR) is 59.9 cm³/mol. The standard InChI is InChI=1S/C12H7F9O4/c1-2-24-8(23)6-4-3-5(25-6)7(22)9(13,14)10(15,16)11(17,18)12(19,20)21/h3-4H,2H2,1H3. The molecule has 1 heterocycles. The van der Waals surface area contributed by atoms with Crippen LogP contribution in [0.2, 0.25) is 0 Å². The van der Waals surface area contributed by atoms with Gasteiger partial charge in [-0.25, -0.2) is 4.79 Å². The molecule has 142 valence electrons. The number of alkyl halides is 9. The van der Waals surface area contributed by atoms with Crippen molar-refractivity contribution in [1.82, 2.24) is 0 Å². The molecule has 1 aromatic heterocycles. The number of halogens is 9. The molecular formula is C12H7F9O4. The largest absolute Gasteiger partial charge is 0.460 e. The summed E-state index contributed by atoms with van der Waals surface area (Å²) in [5.74, 6) is -28.0. The molecule has 0 atom stereocenters. The molecule has 0 unspecified atom stereocenters. The first-order valence-electron chi connectivity index (χ1n) is 6.13. The molecule has 0 N–H and O–H groups in total. The van der Waals surface area contributed by atoms with Crippen molar-refractivity contribution in [2.75, 3.05) is 6.61 Å². The lowest BCUT2D eigenvalue weighted by Crippen LogP contribution is -2.63. The summed E-state index contributed by atoms with van der Waals surface area (Å²) in [4.78, 5) is 22.5. The summed E-state index contributed by atoms with van der Waals surface area (Å²) in [7, 11) is 0. The maximum Gasteiger partial charge on any atom is 0.460 e. The third-order valence-corrected chi connectivity index (χ3v) is 2.74. The van der Waals surface area contributed by atoms with E-state index in [1.54, 1.807) is 0 Å². The lowest BCUT2D eigenvalue weighted by atomic mass is 9.99. The first-order chi connectivity index (χ1) is 11.1. The fraction of sp³-hybridized carbons (Fsp3) is 0.500. The van der Waals surface area contributed by atoms with Gasteiger partial charge in [-0.2, -0.15) is 39.5 Å². The van der Waals surface area contributed by atoms with E-state index in [-0.39, 0.29) is 12.7 Å². The molecule has 0 spiro atoms. The summed E-state index contributed by atoms with van der Waals surface area (Å²) >= 11 is 0. The molecule has 0 aliphatic heterocycles. The highest BCUT2D eigenvalue weighted by molar-refractivity contribution is 6.01. The SMILES string of the molecule is CCOC(=O)c1ccc(C(=O)C(F)(F)C(F)(F)C(F)(F)C(F)(F)F)o1. The van der Waals surface area contributed by atoms with E-state index in [4.69, 9.17) is 0 Å². The van der Waals surface area contributed by atoms with Crippen LogP contribution in [0.3, 0.4) is 0 Å². The Morgan fingerprint density at radius 2 is 1.40 bits per heavy atom. The van der Waals surface area contributed by atoms with Crippen molar-refractivity contribution in [3.63, 3.8) is 0 Å². The average molecular weight is 386 g/mol. The molecule has 0 bridgehead atoms. The summed E-state index contributed by atoms with van der Waals surface area (Å²) in [6, 6.07) is 0.742. The number of carbonyl (C=O) groups is 2. The van der Waals surface area contributed by atoms with Crippen LogP contribution in [0.1, 0.15) is 28.0 Å². The fourth-order valence-corrected chi connectivity index (χ4v) is 1.44. The van der Waals surface area contributed by atoms with Crippen molar-refractivity contribution in [2.24, 2.45) is 0 Å². The second-order valence-corrected chi connectivity index (χ2v) is 4.43. The van der Waals surface area contributed by atoms with E-state index >= 15 is 0 Å². The van der Waals surface area contributed by atoms with Gasteiger partial charge in [-0.05, 0) is 19.1 Å². The van der Waals surface area contributed by atoms with Crippen molar-refractivity contribution >= 4 is 11.8 Å². The number of ether oxygens (including phenoxy) is 1. The minimum atomic E-state index is -7.21. The van der Waals surface area contributed by atoms with Crippen LogP contribution < -0.4 is 0 Å². The minimum absolute atomic E-state index is 0.226. The van der Waals surface area contributed by atoms with Gasteiger partial charge >= 0.3 is 29.9 Å². The Balaban J connectivity index is 3.25. The van der Waals surface area contributed by atoms with Gasteiger partial charge in [0.25, 0.3) is 5.78 Å². The summed E-state index contributed by atoms with van der Waals surface area (Å²) in [5, 5.41) is 0. The van der Waals surface area contributed by atoms with Gasteiger partial charge in [0.15, 0.2) is 5.76 Å². The lowest BCUT2D eigenvalue weighted by molar-refractivity contribution is -0.386. The topological polar surface area (TPSA) is 56.5 Å². The quantitative estimate of drug-likeness (QED) is 0.420. The Morgan fingerprint density at radius 1 is 0.920 bits per heavy atom. The van der Waals surface area contributed by atoms with E-state index < -0.39 is 47.2 Å². The molecule has 1 rings (SSSR count). The highest BCUT2D eigenvalue weighted by Gasteiger charge is 2.83. The maximum absolute atomic E-state index is 13.4. The number of Topliss-reactive ketones (excluding diaryl/α,β-unsaturated/α-hetero) is 1. The van der Waals surface area contributed by atoms with E-state index in [2.05, 4.69) is 9.15 Å². The highest BCUT2D eigenvalue weighted by atomic mass is 19.4. The van der Waals surface area contributed by atoms with Crippen molar-refractivity contribution in [1.29, 1.82) is 0 Å². The van der Waals surface area contributed by atoms with Crippen LogP contribution in [-0.4, -0.2) is 42.3 Å². The van der Waals surface area contributed by atoms with Crippen LogP contribution in [0.4, 0.5) is 39.5 Å². The van der Waals surface area contributed by atoms with Gasteiger partial charge in [-0.3, -0.25) is 4.79 Å². The molecule has 1 aromatic rings. The van der Waals surface area contributed by atoms with Crippen LogP contribution in [0.25, 0.3) is 0 Å². The van der Waals surface area contributed by atoms with Crippen molar-refractivity contribution in [3.8, 4) is 0 Å². The summed E-state index contributed by atoms with van der Waals surface area (Å²) in [5.41, 5.74) is 0. The van der Waals surface area contributed by atoms with Gasteiger partial charge in [0, 0.05) is 0 Å². The Hall–Kier alpha value is -2.21. The molecule has 13 heteroatoms. The van der Waals surface area contributed by atoms with Gasteiger partial charge in [0.2, 0.25) is 5.76 Å². The van der Waals surface area contributed by atoms with E-state index in [1.807, 2.05) is 0 Å². The minimum Gasteiger partial charge on any atom is -0.460 e. The summed E-state index contributed by atoms with van der Waals surface area (Å²) in [6.07, 6.45) is -7.06.